The zero-order chi connectivity index (χ0) is 13.1. The summed E-state index contributed by atoms with van der Waals surface area (Å²) in [6.07, 6.45) is 1.40. The van der Waals surface area contributed by atoms with E-state index in [4.69, 9.17) is 9.84 Å². The molecule has 0 saturated heterocycles. The summed E-state index contributed by atoms with van der Waals surface area (Å²) in [5.41, 5.74) is 1.56. The number of methoxy groups -OCH3 is 1. The van der Waals surface area contributed by atoms with Gasteiger partial charge in [0.15, 0.2) is 0 Å². The lowest BCUT2D eigenvalue weighted by Crippen LogP contribution is -2.24. The number of aliphatic carboxylic acids is 1. The molecule has 94 valence electrons. The maximum absolute atomic E-state index is 11.0. The first-order valence-corrected chi connectivity index (χ1v) is 5.74. The van der Waals surface area contributed by atoms with Gasteiger partial charge in [0.1, 0.15) is 5.75 Å². The molecule has 1 aromatic rings. The van der Waals surface area contributed by atoms with Gasteiger partial charge in [0.05, 0.1) is 12.5 Å². The lowest BCUT2D eigenvalue weighted by atomic mass is 9.86. The molecular formula is C14H20O3. The molecule has 3 nitrogen and oxygen atoms in total. The van der Waals surface area contributed by atoms with Crippen molar-refractivity contribution in [3.05, 3.63) is 29.3 Å². The van der Waals surface area contributed by atoms with Gasteiger partial charge in [0, 0.05) is 0 Å². The molecule has 0 fully saturated rings. The number of rotatable bonds is 5. The molecule has 0 heterocycles. The van der Waals surface area contributed by atoms with Crippen molar-refractivity contribution in [2.75, 3.05) is 7.11 Å². The molecule has 0 amide bonds. The highest BCUT2D eigenvalue weighted by Gasteiger charge is 2.26. The van der Waals surface area contributed by atoms with E-state index < -0.39 is 11.4 Å². The van der Waals surface area contributed by atoms with Crippen molar-refractivity contribution >= 4 is 5.97 Å². The predicted octanol–water partition coefficient (Wildman–Crippen LogP) is 3.05. The minimum absolute atomic E-state index is 0.633. The summed E-state index contributed by atoms with van der Waals surface area (Å²) in [7, 11) is 1.65. The Labute approximate surface area is 102 Å². The van der Waals surface area contributed by atoms with Gasteiger partial charge in [-0.1, -0.05) is 12.1 Å². The van der Waals surface area contributed by atoms with E-state index in [1.165, 1.54) is 0 Å². The Balaban J connectivity index is 2.71. The van der Waals surface area contributed by atoms with Crippen molar-refractivity contribution < 1.29 is 14.6 Å². The summed E-state index contributed by atoms with van der Waals surface area (Å²) >= 11 is 0. The van der Waals surface area contributed by atoms with E-state index in [1.807, 2.05) is 19.1 Å². The van der Waals surface area contributed by atoms with Gasteiger partial charge in [-0.2, -0.15) is 0 Å². The van der Waals surface area contributed by atoms with Crippen LogP contribution in [0.4, 0.5) is 0 Å². The standard InChI is InChI=1S/C14H20O3/c1-10-9-11(5-6-12(10)17-4)7-8-14(2,3)13(15)16/h5-6,9H,7-8H2,1-4H3,(H,15,16). The molecule has 0 radical (unpaired) electrons. The van der Waals surface area contributed by atoms with E-state index in [2.05, 4.69) is 6.07 Å². The third kappa shape index (κ3) is 3.48. The van der Waals surface area contributed by atoms with Crippen LogP contribution in [0.5, 0.6) is 5.75 Å². The second-order valence-electron chi connectivity index (χ2n) is 4.99. The van der Waals surface area contributed by atoms with Gasteiger partial charge in [-0.3, -0.25) is 4.79 Å². The molecule has 1 aromatic carbocycles. The van der Waals surface area contributed by atoms with E-state index >= 15 is 0 Å². The van der Waals surface area contributed by atoms with Crippen LogP contribution >= 0.6 is 0 Å². The van der Waals surface area contributed by atoms with Crippen LogP contribution in [0.25, 0.3) is 0 Å². The molecule has 0 spiro atoms. The Hall–Kier alpha value is -1.51. The predicted molar refractivity (Wildman–Crippen MR) is 67.5 cm³/mol. The quantitative estimate of drug-likeness (QED) is 0.854. The second kappa shape index (κ2) is 5.21. The SMILES string of the molecule is COc1ccc(CCC(C)(C)C(=O)O)cc1C. The van der Waals surface area contributed by atoms with E-state index in [9.17, 15) is 4.79 Å². The number of benzene rings is 1. The minimum atomic E-state index is -0.747. The first-order valence-electron chi connectivity index (χ1n) is 5.74. The molecular weight excluding hydrogens is 216 g/mol. The Morgan fingerprint density at radius 1 is 1.41 bits per heavy atom. The third-order valence-electron chi connectivity index (χ3n) is 3.08. The van der Waals surface area contributed by atoms with Crippen molar-refractivity contribution in [1.29, 1.82) is 0 Å². The Bertz CT molecular complexity index is 408. The van der Waals surface area contributed by atoms with Crippen LogP contribution in [-0.4, -0.2) is 18.2 Å². The molecule has 0 bridgehead atoms. The Morgan fingerprint density at radius 2 is 2.06 bits per heavy atom. The van der Waals surface area contributed by atoms with Crippen molar-refractivity contribution in [3.63, 3.8) is 0 Å². The molecule has 1 N–H and O–H groups in total. The fourth-order valence-corrected chi connectivity index (χ4v) is 1.66. The molecule has 1 rings (SSSR count). The minimum Gasteiger partial charge on any atom is -0.496 e. The molecule has 0 aliphatic heterocycles. The van der Waals surface area contributed by atoms with E-state index in [1.54, 1.807) is 21.0 Å². The average Bonchev–Trinajstić information content (AvgIpc) is 2.26. The van der Waals surface area contributed by atoms with Gasteiger partial charge in [-0.25, -0.2) is 0 Å². The zero-order valence-electron chi connectivity index (χ0n) is 10.9. The fourth-order valence-electron chi connectivity index (χ4n) is 1.66. The Kier molecular flexibility index (Phi) is 4.16. The summed E-state index contributed by atoms with van der Waals surface area (Å²) in [6.45, 7) is 5.50. The maximum Gasteiger partial charge on any atom is 0.309 e. The highest BCUT2D eigenvalue weighted by atomic mass is 16.5. The number of carboxylic acid groups (broad SMARTS) is 1. The van der Waals surface area contributed by atoms with E-state index in [0.29, 0.717) is 6.42 Å². The van der Waals surface area contributed by atoms with E-state index in [-0.39, 0.29) is 0 Å². The molecule has 17 heavy (non-hydrogen) atoms. The van der Waals surface area contributed by atoms with Crippen LogP contribution in [0.1, 0.15) is 31.4 Å². The monoisotopic (exact) mass is 236 g/mol. The summed E-state index contributed by atoms with van der Waals surface area (Å²) < 4.78 is 5.19. The smallest absolute Gasteiger partial charge is 0.309 e. The molecule has 0 aliphatic carbocycles. The first kappa shape index (κ1) is 13.6. The molecule has 0 atom stereocenters. The van der Waals surface area contributed by atoms with Gasteiger partial charge < -0.3 is 9.84 Å². The van der Waals surface area contributed by atoms with Crippen LogP contribution in [0.15, 0.2) is 18.2 Å². The molecule has 0 saturated carbocycles. The second-order valence-corrected chi connectivity index (χ2v) is 4.99. The zero-order valence-corrected chi connectivity index (χ0v) is 10.9. The number of ether oxygens (including phenoxy) is 1. The summed E-state index contributed by atoms with van der Waals surface area (Å²) in [4.78, 5) is 11.0. The van der Waals surface area contributed by atoms with Crippen molar-refractivity contribution in [2.24, 2.45) is 5.41 Å². The summed E-state index contributed by atoms with van der Waals surface area (Å²) in [5.74, 6) is 0.119. The van der Waals surface area contributed by atoms with Gasteiger partial charge in [-0.05, 0) is 50.8 Å². The normalized spacial score (nSPS) is 11.3. The molecule has 0 unspecified atom stereocenters. The maximum atomic E-state index is 11.0. The van der Waals surface area contributed by atoms with Gasteiger partial charge in [0.2, 0.25) is 0 Å². The fraction of sp³-hybridized carbons (Fsp3) is 0.500. The van der Waals surface area contributed by atoms with Gasteiger partial charge in [-0.15, -0.1) is 0 Å². The molecule has 3 heteroatoms. The van der Waals surface area contributed by atoms with Gasteiger partial charge >= 0.3 is 5.97 Å². The number of hydrogen-bond donors (Lipinski definition) is 1. The van der Waals surface area contributed by atoms with Gasteiger partial charge in [0.25, 0.3) is 0 Å². The Morgan fingerprint density at radius 3 is 2.53 bits per heavy atom. The number of aryl methyl sites for hydroxylation is 2. The summed E-state index contributed by atoms with van der Waals surface area (Å²) in [6, 6.07) is 5.97. The lowest BCUT2D eigenvalue weighted by molar-refractivity contribution is -0.147. The largest absolute Gasteiger partial charge is 0.496 e. The molecule has 0 aliphatic rings. The number of carbonyl (C=O) groups is 1. The molecule has 0 aromatic heterocycles. The van der Waals surface area contributed by atoms with E-state index in [0.717, 1.165) is 23.3 Å². The lowest BCUT2D eigenvalue weighted by Gasteiger charge is -2.19. The van der Waals surface area contributed by atoms with Crippen LogP contribution in [0, 0.1) is 12.3 Å². The average molecular weight is 236 g/mol. The first-order chi connectivity index (χ1) is 7.86. The van der Waals surface area contributed by atoms with Crippen LogP contribution in [-0.2, 0) is 11.2 Å². The number of hydrogen-bond acceptors (Lipinski definition) is 2. The van der Waals surface area contributed by atoms with Crippen LogP contribution in [0.3, 0.4) is 0 Å². The van der Waals surface area contributed by atoms with Crippen LogP contribution in [0.2, 0.25) is 0 Å². The third-order valence-corrected chi connectivity index (χ3v) is 3.08. The number of carboxylic acids is 1. The summed E-state index contributed by atoms with van der Waals surface area (Å²) in [5, 5.41) is 9.04. The van der Waals surface area contributed by atoms with Crippen molar-refractivity contribution in [2.45, 2.75) is 33.6 Å². The van der Waals surface area contributed by atoms with Crippen LogP contribution < -0.4 is 4.74 Å². The van der Waals surface area contributed by atoms with Crippen molar-refractivity contribution in [1.82, 2.24) is 0 Å². The highest BCUT2D eigenvalue weighted by molar-refractivity contribution is 5.73. The topological polar surface area (TPSA) is 46.5 Å². The highest BCUT2D eigenvalue weighted by Crippen LogP contribution is 2.25. The van der Waals surface area contributed by atoms with Crippen molar-refractivity contribution in [3.8, 4) is 5.75 Å².